The fourth-order valence-electron chi connectivity index (χ4n) is 2.97. The first-order valence-corrected chi connectivity index (χ1v) is 5.56. The van der Waals surface area contributed by atoms with Gasteiger partial charge in [0.1, 0.15) is 0 Å². The molecule has 0 aromatic rings. The largest absolute Gasteiger partial charge is 0.120 e. The molecule has 0 heterocycles. The van der Waals surface area contributed by atoms with Gasteiger partial charge in [-0.1, -0.05) is 26.2 Å². The molecule has 2 aliphatic carbocycles. The Morgan fingerprint density at radius 2 is 1.92 bits per heavy atom. The zero-order valence-electron chi connectivity index (χ0n) is 8.90. The molecule has 2 rings (SSSR count). The number of hydrogen-bond acceptors (Lipinski definition) is 0. The molecule has 2 saturated carbocycles. The van der Waals surface area contributed by atoms with E-state index in [1.54, 1.807) is 0 Å². The third-order valence-electron chi connectivity index (χ3n) is 4.06. The molecule has 0 spiro atoms. The maximum absolute atomic E-state index is 5.64. The molecule has 0 aliphatic heterocycles. The Hall–Kier alpha value is -0.440. The summed E-state index contributed by atoms with van der Waals surface area (Å²) in [5.74, 6) is 3.89. The molecule has 13 heavy (non-hydrogen) atoms. The minimum Gasteiger partial charge on any atom is -0.120 e. The second-order valence-corrected chi connectivity index (χ2v) is 5.76. The van der Waals surface area contributed by atoms with Crippen LogP contribution < -0.4 is 0 Å². The van der Waals surface area contributed by atoms with Crippen molar-refractivity contribution in [3.05, 3.63) is 0 Å². The lowest BCUT2D eigenvalue weighted by molar-refractivity contribution is 0.145. The lowest BCUT2D eigenvalue weighted by Crippen LogP contribution is -2.27. The monoisotopic (exact) mass is 176 g/mol. The Kier molecular flexibility index (Phi) is 1.95. The first-order valence-electron chi connectivity index (χ1n) is 5.56. The summed E-state index contributed by atoms with van der Waals surface area (Å²) in [7, 11) is 0. The SMILES string of the molecule is C#CC1(C2CCCC(C)(C)C2)CC1. The normalized spacial score (nSPS) is 35.0. The van der Waals surface area contributed by atoms with Gasteiger partial charge in [0.25, 0.3) is 0 Å². The van der Waals surface area contributed by atoms with Gasteiger partial charge in [-0.3, -0.25) is 0 Å². The van der Waals surface area contributed by atoms with Gasteiger partial charge in [-0.15, -0.1) is 6.42 Å². The van der Waals surface area contributed by atoms with Crippen LogP contribution in [0.4, 0.5) is 0 Å². The molecule has 0 nitrogen and oxygen atoms in total. The minimum atomic E-state index is 0.345. The van der Waals surface area contributed by atoms with Gasteiger partial charge in [-0.25, -0.2) is 0 Å². The molecular weight excluding hydrogens is 156 g/mol. The Balaban J connectivity index is 2.06. The van der Waals surface area contributed by atoms with Gasteiger partial charge >= 0.3 is 0 Å². The van der Waals surface area contributed by atoms with E-state index >= 15 is 0 Å². The summed E-state index contributed by atoms with van der Waals surface area (Å²) in [5, 5.41) is 0. The van der Waals surface area contributed by atoms with Crippen LogP contribution in [0, 0.1) is 29.1 Å². The van der Waals surface area contributed by atoms with E-state index in [2.05, 4.69) is 19.8 Å². The molecule has 0 amide bonds. The first-order chi connectivity index (χ1) is 6.08. The molecule has 72 valence electrons. The van der Waals surface area contributed by atoms with E-state index < -0.39 is 0 Å². The van der Waals surface area contributed by atoms with Crippen LogP contribution in [-0.4, -0.2) is 0 Å². The fraction of sp³-hybridized carbons (Fsp3) is 0.846. The van der Waals surface area contributed by atoms with E-state index in [1.165, 1.54) is 38.5 Å². The summed E-state index contributed by atoms with van der Waals surface area (Å²) in [6.45, 7) is 4.79. The maximum atomic E-state index is 5.64. The fourth-order valence-corrected chi connectivity index (χ4v) is 2.97. The Morgan fingerprint density at radius 3 is 2.38 bits per heavy atom. The second kappa shape index (κ2) is 2.77. The van der Waals surface area contributed by atoms with Gasteiger partial charge in [-0.05, 0) is 43.4 Å². The molecule has 0 aromatic carbocycles. The average molecular weight is 176 g/mol. The highest BCUT2D eigenvalue weighted by molar-refractivity contribution is 5.18. The molecule has 0 saturated heterocycles. The summed E-state index contributed by atoms with van der Waals surface area (Å²) < 4.78 is 0. The van der Waals surface area contributed by atoms with E-state index in [-0.39, 0.29) is 0 Å². The van der Waals surface area contributed by atoms with E-state index in [0.29, 0.717) is 10.8 Å². The van der Waals surface area contributed by atoms with Crippen molar-refractivity contribution in [2.75, 3.05) is 0 Å². The summed E-state index contributed by atoms with van der Waals surface area (Å²) >= 11 is 0. The van der Waals surface area contributed by atoms with Crippen LogP contribution in [0.25, 0.3) is 0 Å². The van der Waals surface area contributed by atoms with Gasteiger partial charge in [0.15, 0.2) is 0 Å². The second-order valence-electron chi connectivity index (χ2n) is 5.76. The van der Waals surface area contributed by atoms with Crippen LogP contribution in [0.5, 0.6) is 0 Å². The molecule has 1 atom stereocenters. The van der Waals surface area contributed by atoms with Gasteiger partial charge in [0, 0.05) is 5.41 Å². The van der Waals surface area contributed by atoms with Crippen LogP contribution in [0.1, 0.15) is 52.4 Å². The van der Waals surface area contributed by atoms with Crippen LogP contribution in [-0.2, 0) is 0 Å². The van der Waals surface area contributed by atoms with E-state index in [9.17, 15) is 0 Å². The third-order valence-corrected chi connectivity index (χ3v) is 4.06. The van der Waals surface area contributed by atoms with Crippen molar-refractivity contribution >= 4 is 0 Å². The molecule has 0 heteroatoms. The zero-order chi connectivity index (χ0) is 9.53. The third kappa shape index (κ3) is 1.62. The molecule has 0 radical (unpaired) electrons. The summed E-state index contributed by atoms with van der Waals surface area (Å²) in [5.41, 5.74) is 0.896. The highest BCUT2D eigenvalue weighted by Gasteiger charge is 2.49. The predicted octanol–water partition coefficient (Wildman–Crippen LogP) is 3.62. The van der Waals surface area contributed by atoms with E-state index in [1.807, 2.05) is 0 Å². The summed E-state index contributed by atoms with van der Waals surface area (Å²) in [6, 6.07) is 0. The number of terminal acetylenes is 1. The van der Waals surface area contributed by atoms with Gasteiger partial charge in [-0.2, -0.15) is 0 Å². The Morgan fingerprint density at radius 1 is 1.23 bits per heavy atom. The highest BCUT2D eigenvalue weighted by Crippen LogP contribution is 2.58. The first kappa shape index (κ1) is 9.13. The summed E-state index contributed by atoms with van der Waals surface area (Å²) in [4.78, 5) is 0. The average Bonchev–Trinajstić information content (AvgIpc) is 2.82. The molecule has 1 unspecified atom stereocenters. The lowest BCUT2D eigenvalue weighted by atomic mass is 9.67. The molecule has 0 N–H and O–H groups in total. The van der Waals surface area contributed by atoms with Gasteiger partial charge in [0.05, 0.1) is 0 Å². The molecule has 0 bridgehead atoms. The van der Waals surface area contributed by atoms with Crippen LogP contribution in [0.3, 0.4) is 0 Å². The predicted molar refractivity (Wildman–Crippen MR) is 56.2 cm³/mol. The van der Waals surface area contributed by atoms with E-state index in [4.69, 9.17) is 6.42 Å². The topological polar surface area (TPSA) is 0 Å². The van der Waals surface area contributed by atoms with E-state index in [0.717, 1.165) is 5.92 Å². The van der Waals surface area contributed by atoms with Gasteiger partial charge < -0.3 is 0 Å². The van der Waals surface area contributed by atoms with Crippen molar-refractivity contribution in [3.63, 3.8) is 0 Å². The maximum Gasteiger partial charge on any atom is 0.0341 e. The van der Waals surface area contributed by atoms with Crippen molar-refractivity contribution in [2.24, 2.45) is 16.7 Å². The Labute approximate surface area is 82.1 Å². The number of hydrogen-bond donors (Lipinski definition) is 0. The van der Waals surface area contributed by atoms with Crippen LogP contribution in [0.15, 0.2) is 0 Å². The van der Waals surface area contributed by atoms with Crippen LogP contribution >= 0.6 is 0 Å². The van der Waals surface area contributed by atoms with Crippen molar-refractivity contribution < 1.29 is 0 Å². The van der Waals surface area contributed by atoms with Gasteiger partial charge in [0.2, 0.25) is 0 Å². The molecule has 2 fully saturated rings. The minimum absolute atomic E-state index is 0.345. The molecule has 0 aromatic heterocycles. The molecular formula is C13H20. The quantitative estimate of drug-likeness (QED) is 0.535. The number of rotatable bonds is 1. The van der Waals surface area contributed by atoms with Crippen LogP contribution in [0.2, 0.25) is 0 Å². The smallest absolute Gasteiger partial charge is 0.0341 e. The van der Waals surface area contributed by atoms with Crippen molar-refractivity contribution in [2.45, 2.75) is 52.4 Å². The Bertz CT molecular complexity index is 237. The zero-order valence-corrected chi connectivity index (χ0v) is 8.90. The molecule has 2 aliphatic rings. The van der Waals surface area contributed by atoms with Crippen molar-refractivity contribution in [3.8, 4) is 12.3 Å². The van der Waals surface area contributed by atoms with Crippen molar-refractivity contribution in [1.82, 2.24) is 0 Å². The van der Waals surface area contributed by atoms with Crippen molar-refractivity contribution in [1.29, 1.82) is 0 Å². The standard InChI is InChI=1S/C13H20/c1-4-13(8-9-13)11-6-5-7-12(2,3)10-11/h1,11H,5-10H2,2-3H3. The summed E-state index contributed by atoms with van der Waals surface area (Å²) in [6.07, 6.45) is 13.8. The lowest BCUT2D eigenvalue weighted by Gasteiger charge is -2.38. The highest BCUT2D eigenvalue weighted by atomic mass is 14.5.